The second-order valence-electron chi connectivity index (χ2n) is 5.92. The Balaban J connectivity index is 1.56. The lowest BCUT2D eigenvalue weighted by Crippen LogP contribution is -2.20. The number of likely N-dealkylation sites (N-methyl/N-ethyl adjacent to an activating group) is 1. The highest BCUT2D eigenvalue weighted by molar-refractivity contribution is 7.13. The van der Waals surface area contributed by atoms with Gasteiger partial charge in [-0.25, -0.2) is 4.98 Å². The fourth-order valence-corrected chi connectivity index (χ4v) is 3.41. The standard InChI is InChI=1S/C19H19N3O2S/c1-21(11-10-15-6-5-9-18(12-15)22(23)24)13-17-14-25-19(20-17)16-7-3-2-4-8-16/h2-9,12,14H,10-11,13H2,1H3. The highest BCUT2D eigenvalue weighted by Crippen LogP contribution is 2.23. The molecule has 6 heteroatoms. The van der Waals surface area contributed by atoms with E-state index in [-0.39, 0.29) is 10.6 Å². The van der Waals surface area contributed by atoms with Crippen molar-refractivity contribution in [2.75, 3.05) is 13.6 Å². The lowest BCUT2D eigenvalue weighted by Gasteiger charge is -2.15. The molecule has 0 saturated heterocycles. The summed E-state index contributed by atoms with van der Waals surface area (Å²) < 4.78 is 0. The quantitative estimate of drug-likeness (QED) is 0.467. The minimum absolute atomic E-state index is 0.146. The van der Waals surface area contributed by atoms with Crippen molar-refractivity contribution < 1.29 is 4.92 Å². The van der Waals surface area contributed by atoms with Crippen molar-refractivity contribution in [2.24, 2.45) is 0 Å². The molecule has 25 heavy (non-hydrogen) atoms. The Morgan fingerprint density at radius 3 is 2.72 bits per heavy atom. The van der Waals surface area contributed by atoms with Crippen LogP contribution in [0.15, 0.2) is 60.0 Å². The zero-order valence-electron chi connectivity index (χ0n) is 14.0. The van der Waals surface area contributed by atoms with Gasteiger partial charge in [0, 0.05) is 36.2 Å². The molecule has 128 valence electrons. The molecule has 0 fully saturated rings. The van der Waals surface area contributed by atoms with Crippen LogP contribution < -0.4 is 0 Å². The summed E-state index contributed by atoms with van der Waals surface area (Å²) in [6, 6.07) is 17.0. The van der Waals surface area contributed by atoms with Crippen LogP contribution in [0.2, 0.25) is 0 Å². The minimum atomic E-state index is -0.354. The van der Waals surface area contributed by atoms with Gasteiger partial charge in [-0.3, -0.25) is 10.1 Å². The van der Waals surface area contributed by atoms with Gasteiger partial charge in [0.05, 0.1) is 10.6 Å². The minimum Gasteiger partial charge on any atom is -0.300 e. The molecule has 0 aliphatic heterocycles. The molecule has 1 aromatic heterocycles. The molecular weight excluding hydrogens is 334 g/mol. The first-order chi connectivity index (χ1) is 12.1. The maximum absolute atomic E-state index is 10.8. The summed E-state index contributed by atoms with van der Waals surface area (Å²) in [6.07, 6.45) is 0.772. The Morgan fingerprint density at radius 1 is 1.16 bits per heavy atom. The van der Waals surface area contributed by atoms with Crippen LogP contribution in [0.25, 0.3) is 10.6 Å². The Bertz CT molecular complexity index is 849. The van der Waals surface area contributed by atoms with Crippen LogP contribution >= 0.6 is 11.3 Å². The molecule has 5 nitrogen and oxygen atoms in total. The summed E-state index contributed by atoms with van der Waals surface area (Å²) in [5.74, 6) is 0. The Morgan fingerprint density at radius 2 is 1.96 bits per heavy atom. The van der Waals surface area contributed by atoms with Gasteiger partial charge in [0.25, 0.3) is 5.69 Å². The third-order valence-electron chi connectivity index (χ3n) is 3.91. The van der Waals surface area contributed by atoms with Gasteiger partial charge >= 0.3 is 0 Å². The Labute approximate surface area is 150 Å². The average Bonchev–Trinajstić information content (AvgIpc) is 3.09. The predicted molar refractivity (Wildman–Crippen MR) is 101 cm³/mol. The van der Waals surface area contributed by atoms with Crippen molar-refractivity contribution in [3.8, 4) is 10.6 Å². The number of rotatable bonds is 7. The van der Waals surface area contributed by atoms with Gasteiger partial charge in [-0.15, -0.1) is 11.3 Å². The molecule has 0 radical (unpaired) electrons. The van der Waals surface area contributed by atoms with Crippen molar-refractivity contribution in [1.29, 1.82) is 0 Å². The summed E-state index contributed by atoms with van der Waals surface area (Å²) in [6.45, 7) is 1.58. The normalized spacial score (nSPS) is 11.0. The molecule has 0 unspecified atom stereocenters. The number of nitro groups is 1. The van der Waals surface area contributed by atoms with Crippen molar-refractivity contribution >= 4 is 17.0 Å². The van der Waals surface area contributed by atoms with E-state index in [1.54, 1.807) is 23.5 Å². The zero-order chi connectivity index (χ0) is 17.6. The molecule has 3 rings (SSSR count). The van der Waals surface area contributed by atoms with Crippen molar-refractivity contribution in [3.63, 3.8) is 0 Å². The van der Waals surface area contributed by atoms with E-state index in [1.807, 2.05) is 31.3 Å². The third-order valence-corrected chi connectivity index (χ3v) is 4.85. The van der Waals surface area contributed by atoms with Crippen LogP contribution in [0.5, 0.6) is 0 Å². The van der Waals surface area contributed by atoms with Crippen molar-refractivity contribution in [1.82, 2.24) is 9.88 Å². The first kappa shape index (κ1) is 17.3. The second-order valence-corrected chi connectivity index (χ2v) is 6.78. The van der Waals surface area contributed by atoms with Gasteiger partial charge in [-0.05, 0) is 19.0 Å². The molecule has 0 aliphatic carbocycles. The maximum Gasteiger partial charge on any atom is 0.269 e. The van der Waals surface area contributed by atoms with Crippen LogP contribution in [-0.4, -0.2) is 28.4 Å². The van der Waals surface area contributed by atoms with E-state index in [2.05, 4.69) is 22.4 Å². The van der Waals surface area contributed by atoms with Gasteiger partial charge in [-0.1, -0.05) is 42.5 Å². The average molecular weight is 353 g/mol. The summed E-state index contributed by atoms with van der Waals surface area (Å²) in [5, 5.41) is 14.0. The Hall–Kier alpha value is -2.57. The number of aromatic nitrogens is 1. The van der Waals surface area contributed by atoms with Gasteiger partial charge in [0.1, 0.15) is 5.01 Å². The third kappa shape index (κ3) is 4.71. The number of hydrogen-bond acceptors (Lipinski definition) is 5. The first-order valence-electron chi connectivity index (χ1n) is 8.03. The van der Waals surface area contributed by atoms with E-state index in [0.29, 0.717) is 0 Å². The number of thiazole rings is 1. The molecule has 0 atom stereocenters. The van der Waals surface area contributed by atoms with Gasteiger partial charge in [0.15, 0.2) is 0 Å². The molecule has 0 bridgehead atoms. The fourth-order valence-electron chi connectivity index (χ4n) is 2.59. The zero-order valence-corrected chi connectivity index (χ0v) is 14.8. The lowest BCUT2D eigenvalue weighted by molar-refractivity contribution is -0.384. The van der Waals surface area contributed by atoms with E-state index < -0.39 is 0 Å². The van der Waals surface area contributed by atoms with E-state index in [0.717, 1.165) is 41.3 Å². The number of nitro benzene ring substituents is 1. The highest BCUT2D eigenvalue weighted by Gasteiger charge is 2.09. The fraction of sp³-hybridized carbons (Fsp3) is 0.211. The van der Waals surface area contributed by atoms with E-state index in [1.165, 1.54) is 6.07 Å². The molecule has 0 spiro atoms. The maximum atomic E-state index is 10.8. The SMILES string of the molecule is CN(CCc1cccc([N+](=O)[O-])c1)Cc1csc(-c2ccccc2)n1. The first-order valence-corrected chi connectivity index (χ1v) is 8.91. The largest absolute Gasteiger partial charge is 0.300 e. The van der Waals surface area contributed by atoms with Crippen molar-refractivity contribution in [2.45, 2.75) is 13.0 Å². The summed E-state index contributed by atoms with van der Waals surface area (Å²) in [4.78, 5) is 17.4. The highest BCUT2D eigenvalue weighted by atomic mass is 32.1. The van der Waals surface area contributed by atoms with Gasteiger partial charge in [0.2, 0.25) is 0 Å². The lowest BCUT2D eigenvalue weighted by atomic mass is 10.1. The van der Waals surface area contributed by atoms with Crippen LogP contribution in [0.3, 0.4) is 0 Å². The Kier molecular flexibility index (Phi) is 5.53. The monoisotopic (exact) mass is 353 g/mol. The molecule has 0 saturated carbocycles. The van der Waals surface area contributed by atoms with E-state index >= 15 is 0 Å². The molecule has 0 amide bonds. The molecule has 3 aromatic rings. The van der Waals surface area contributed by atoms with Crippen LogP contribution in [0.1, 0.15) is 11.3 Å². The number of hydrogen-bond donors (Lipinski definition) is 0. The summed E-state index contributed by atoms with van der Waals surface area (Å²) in [5.41, 5.74) is 3.31. The summed E-state index contributed by atoms with van der Waals surface area (Å²) >= 11 is 1.65. The smallest absolute Gasteiger partial charge is 0.269 e. The molecular formula is C19H19N3O2S. The van der Waals surface area contributed by atoms with Crippen LogP contribution in [0, 0.1) is 10.1 Å². The predicted octanol–water partition coefficient (Wildman–Crippen LogP) is 4.39. The van der Waals surface area contributed by atoms with Crippen LogP contribution in [0.4, 0.5) is 5.69 Å². The molecule has 0 aliphatic rings. The van der Waals surface area contributed by atoms with E-state index in [9.17, 15) is 10.1 Å². The molecule has 0 N–H and O–H groups in total. The van der Waals surface area contributed by atoms with E-state index in [4.69, 9.17) is 4.98 Å². The number of benzene rings is 2. The summed E-state index contributed by atoms with van der Waals surface area (Å²) in [7, 11) is 2.04. The molecule has 1 heterocycles. The number of non-ortho nitro benzene ring substituents is 1. The van der Waals surface area contributed by atoms with Gasteiger partial charge < -0.3 is 4.90 Å². The number of nitrogens with zero attached hydrogens (tertiary/aromatic N) is 3. The molecule has 2 aromatic carbocycles. The van der Waals surface area contributed by atoms with Gasteiger partial charge in [-0.2, -0.15) is 0 Å². The second kappa shape index (κ2) is 8.00. The topological polar surface area (TPSA) is 59.3 Å². The van der Waals surface area contributed by atoms with Crippen molar-refractivity contribution in [3.05, 3.63) is 81.3 Å². The van der Waals surface area contributed by atoms with Crippen LogP contribution in [-0.2, 0) is 13.0 Å².